The average Bonchev–Trinajstić information content (AvgIpc) is 2.58. The second kappa shape index (κ2) is 5.23. The van der Waals surface area contributed by atoms with Crippen molar-refractivity contribution in [3.05, 3.63) is 45.2 Å². The lowest BCUT2D eigenvalue weighted by atomic mass is 10.2. The maximum Gasteiger partial charge on any atom is 0.259 e. The van der Waals surface area contributed by atoms with Gasteiger partial charge in [0.1, 0.15) is 0 Å². The molecule has 0 radical (unpaired) electrons. The van der Waals surface area contributed by atoms with Crippen molar-refractivity contribution < 1.29 is 4.79 Å². The molecule has 2 rings (SSSR count). The van der Waals surface area contributed by atoms with Crippen molar-refractivity contribution in [2.75, 3.05) is 5.32 Å². The Hall–Kier alpha value is -1.52. The fourth-order valence-corrected chi connectivity index (χ4v) is 2.22. The molecule has 4 nitrogen and oxygen atoms in total. The van der Waals surface area contributed by atoms with Crippen LogP contribution in [0.4, 0.5) is 5.69 Å². The van der Waals surface area contributed by atoms with Gasteiger partial charge in [-0.15, -0.1) is 0 Å². The van der Waals surface area contributed by atoms with E-state index >= 15 is 0 Å². The molecule has 0 atom stereocenters. The summed E-state index contributed by atoms with van der Waals surface area (Å²) >= 11 is 11.9. The third kappa shape index (κ3) is 2.74. The lowest BCUT2D eigenvalue weighted by Crippen LogP contribution is -2.14. The zero-order valence-corrected chi connectivity index (χ0v) is 12.3. The van der Waals surface area contributed by atoms with Gasteiger partial charge in [-0.25, -0.2) is 0 Å². The highest BCUT2D eigenvalue weighted by molar-refractivity contribution is 6.35. The Morgan fingerprint density at radius 3 is 2.58 bits per heavy atom. The molecular weight excluding hydrogens is 285 g/mol. The van der Waals surface area contributed by atoms with Crippen LogP contribution in [0.2, 0.25) is 10.0 Å². The normalized spacial score (nSPS) is 10.6. The van der Waals surface area contributed by atoms with Gasteiger partial charge >= 0.3 is 0 Å². The molecule has 0 bridgehead atoms. The van der Waals surface area contributed by atoms with Gasteiger partial charge in [0, 0.05) is 17.8 Å². The number of amides is 1. The summed E-state index contributed by atoms with van der Waals surface area (Å²) in [5.74, 6) is -0.243. The van der Waals surface area contributed by atoms with Crippen molar-refractivity contribution >= 4 is 34.8 Å². The van der Waals surface area contributed by atoms with Crippen LogP contribution < -0.4 is 5.32 Å². The number of rotatable bonds is 2. The molecule has 19 heavy (non-hydrogen) atoms. The predicted octanol–water partition coefficient (Wildman–Crippen LogP) is 3.60. The molecule has 1 aromatic heterocycles. The molecular formula is C13H13Cl2N3O. The minimum atomic E-state index is -0.243. The van der Waals surface area contributed by atoms with Crippen LogP contribution >= 0.6 is 23.2 Å². The number of nitrogens with zero attached hydrogens (tertiary/aromatic N) is 2. The Bertz CT molecular complexity index is 650. The monoisotopic (exact) mass is 297 g/mol. The third-order valence-corrected chi connectivity index (χ3v) is 3.48. The molecule has 0 aliphatic carbocycles. The minimum Gasteiger partial charge on any atom is -0.320 e. The van der Waals surface area contributed by atoms with Crippen LogP contribution in [-0.2, 0) is 7.05 Å². The summed E-state index contributed by atoms with van der Waals surface area (Å²) in [6.45, 7) is 3.63. The van der Waals surface area contributed by atoms with E-state index in [1.807, 2.05) is 6.92 Å². The first-order chi connectivity index (χ1) is 8.90. The zero-order valence-electron chi connectivity index (χ0n) is 10.8. The lowest BCUT2D eigenvalue weighted by molar-refractivity contribution is 0.102. The van der Waals surface area contributed by atoms with Gasteiger partial charge in [-0.1, -0.05) is 23.2 Å². The molecule has 1 aromatic carbocycles. The molecule has 1 N–H and O–H groups in total. The van der Waals surface area contributed by atoms with E-state index in [9.17, 15) is 4.79 Å². The topological polar surface area (TPSA) is 46.9 Å². The molecule has 0 saturated carbocycles. The van der Waals surface area contributed by atoms with Gasteiger partial charge in [-0.05, 0) is 32.0 Å². The highest BCUT2D eigenvalue weighted by Gasteiger charge is 2.18. The molecule has 1 amide bonds. The molecule has 0 unspecified atom stereocenters. The standard InChI is InChI=1S/C13H13Cl2N3O/c1-7-12(8(2)18(3)17-7)13(19)16-11-6-9(14)4-5-10(11)15/h4-6H,1-3H3,(H,16,19). The van der Waals surface area contributed by atoms with Crippen LogP contribution in [0.25, 0.3) is 0 Å². The number of halogens is 2. The van der Waals surface area contributed by atoms with E-state index in [1.165, 1.54) is 0 Å². The number of nitrogens with one attached hydrogen (secondary N) is 1. The fraction of sp³-hybridized carbons (Fsp3) is 0.231. The Kier molecular flexibility index (Phi) is 3.83. The number of aryl methyl sites for hydroxylation is 2. The van der Waals surface area contributed by atoms with Gasteiger partial charge in [-0.2, -0.15) is 5.10 Å². The summed E-state index contributed by atoms with van der Waals surface area (Å²) < 4.78 is 1.67. The number of carbonyl (C=O) groups excluding carboxylic acids is 1. The van der Waals surface area contributed by atoms with Crippen molar-refractivity contribution in [3.8, 4) is 0 Å². The summed E-state index contributed by atoms with van der Waals surface area (Å²) in [7, 11) is 1.80. The Labute approximate surface area is 121 Å². The largest absolute Gasteiger partial charge is 0.320 e. The number of carbonyl (C=O) groups is 1. The van der Waals surface area contributed by atoms with Crippen LogP contribution in [-0.4, -0.2) is 15.7 Å². The van der Waals surface area contributed by atoms with Crippen LogP contribution in [0.15, 0.2) is 18.2 Å². The molecule has 0 aliphatic heterocycles. The third-order valence-electron chi connectivity index (χ3n) is 2.91. The minimum absolute atomic E-state index is 0.243. The SMILES string of the molecule is Cc1nn(C)c(C)c1C(=O)Nc1cc(Cl)ccc1Cl. The van der Waals surface area contributed by atoms with Gasteiger partial charge in [0.15, 0.2) is 0 Å². The summed E-state index contributed by atoms with van der Waals surface area (Å²) in [5, 5.41) is 7.92. The molecule has 100 valence electrons. The van der Waals surface area contributed by atoms with E-state index in [4.69, 9.17) is 23.2 Å². The molecule has 0 fully saturated rings. The zero-order chi connectivity index (χ0) is 14.2. The first-order valence-corrected chi connectivity index (χ1v) is 6.42. The molecule has 1 heterocycles. The highest BCUT2D eigenvalue weighted by Crippen LogP contribution is 2.26. The summed E-state index contributed by atoms with van der Waals surface area (Å²) in [6, 6.07) is 4.92. The van der Waals surface area contributed by atoms with E-state index in [1.54, 1.807) is 36.9 Å². The predicted molar refractivity (Wildman–Crippen MR) is 77.1 cm³/mol. The number of benzene rings is 1. The quantitative estimate of drug-likeness (QED) is 0.921. The van der Waals surface area contributed by atoms with E-state index in [-0.39, 0.29) is 5.91 Å². The van der Waals surface area contributed by atoms with Crippen molar-refractivity contribution in [2.24, 2.45) is 7.05 Å². The van der Waals surface area contributed by atoms with Crippen molar-refractivity contribution in [2.45, 2.75) is 13.8 Å². The van der Waals surface area contributed by atoms with Gasteiger partial charge in [0.05, 0.1) is 22.0 Å². The van der Waals surface area contributed by atoms with Crippen LogP contribution in [0.5, 0.6) is 0 Å². The lowest BCUT2D eigenvalue weighted by Gasteiger charge is -2.08. The Balaban J connectivity index is 2.33. The first kappa shape index (κ1) is 13.9. The molecule has 2 aromatic rings. The fourth-order valence-electron chi connectivity index (χ4n) is 1.88. The second-order valence-corrected chi connectivity index (χ2v) is 5.09. The van der Waals surface area contributed by atoms with E-state index < -0.39 is 0 Å². The number of hydrogen-bond donors (Lipinski definition) is 1. The van der Waals surface area contributed by atoms with E-state index in [0.29, 0.717) is 27.0 Å². The highest BCUT2D eigenvalue weighted by atomic mass is 35.5. The molecule has 0 aliphatic rings. The molecule has 0 saturated heterocycles. The van der Waals surface area contributed by atoms with Crippen LogP contribution in [0, 0.1) is 13.8 Å². The summed E-state index contributed by atoms with van der Waals surface area (Å²) in [6.07, 6.45) is 0. The summed E-state index contributed by atoms with van der Waals surface area (Å²) in [5.41, 5.74) is 2.52. The van der Waals surface area contributed by atoms with Crippen LogP contribution in [0.1, 0.15) is 21.7 Å². The van der Waals surface area contributed by atoms with E-state index in [0.717, 1.165) is 5.69 Å². The van der Waals surface area contributed by atoms with Gasteiger partial charge < -0.3 is 5.32 Å². The molecule has 0 spiro atoms. The van der Waals surface area contributed by atoms with Crippen molar-refractivity contribution in [1.82, 2.24) is 9.78 Å². The summed E-state index contributed by atoms with van der Waals surface area (Å²) in [4.78, 5) is 12.3. The van der Waals surface area contributed by atoms with E-state index in [2.05, 4.69) is 10.4 Å². The van der Waals surface area contributed by atoms with Gasteiger partial charge in [-0.3, -0.25) is 9.48 Å². The molecule has 6 heteroatoms. The number of aromatic nitrogens is 2. The average molecular weight is 298 g/mol. The number of hydrogen-bond acceptors (Lipinski definition) is 2. The Morgan fingerprint density at radius 1 is 1.32 bits per heavy atom. The first-order valence-electron chi connectivity index (χ1n) is 5.66. The van der Waals surface area contributed by atoms with Gasteiger partial charge in [0.2, 0.25) is 0 Å². The van der Waals surface area contributed by atoms with Crippen LogP contribution in [0.3, 0.4) is 0 Å². The second-order valence-electron chi connectivity index (χ2n) is 4.25. The maximum atomic E-state index is 12.3. The Morgan fingerprint density at radius 2 is 2.00 bits per heavy atom. The van der Waals surface area contributed by atoms with Crippen molar-refractivity contribution in [1.29, 1.82) is 0 Å². The smallest absolute Gasteiger partial charge is 0.259 e. The number of anilines is 1. The van der Waals surface area contributed by atoms with Crippen molar-refractivity contribution in [3.63, 3.8) is 0 Å². The maximum absolute atomic E-state index is 12.3. The van der Waals surface area contributed by atoms with Gasteiger partial charge in [0.25, 0.3) is 5.91 Å².